The number of benzene rings is 2. The smallest absolute Gasteiger partial charge is 0.282 e. The number of aliphatic hydroxyl groups is 1. The predicted molar refractivity (Wildman–Crippen MR) is 115 cm³/mol. The van der Waals surface area contributed by atoms with Crippen LogP contribution in [0.4, 0.5) is 10.1 Å². The van der Waals surface area contributed by atoms with Crippen molar-refractivity contribution in [3.8, 4) is 5.75 Å². The van der Waals surface area contributed by atoms with E-state index in [0.717, 1.165) is 17.7 Å². The summed E-state index contributed by atoms with van der Waals surface area (Å²) in [5.41, 5.74) is 1.27. The number of halogens is 2. The van der Waals surface area contributed by atoms with Gasteiger partial charge in [-0.3, -0.25) is 9.59 Å². The lowest BCUT2D eigenvalue weighted by molar-refractivity contribution is -0.120. The summed E-state index contributed by atoms with van der Waals surface area (Å²) in [5, 5.41) is 9.89. The van der Waals surface area contributed by atoms with Crippen LogP contribution in [0.5, 0.6) is 5.75 Å². The fraction of sp³-hybridized carbons (Fsp3) is 0.304. The highest BCUT2D eigenvalue weighted by atomic mass is 35.5. The Morgan fingerprint density at radius 3 is 2.55 bits per heavy atom. The Bertz CT molecular complexity index is 1050. The van der Waals surface area contributed by atoms with Crippen LogP contribution in [-0.4, -0.2) is 48.6 Å². The Morgan fingerprint density at radius 1 is 1.16 bits per heavy atom. The number of methoxy groups -OCH3 is 1. The minimum absolute atomic E-state index is 0.00952. The van der Waals surface area contributed by atoms with E-state index in [1.54, 1.807) is 12.1 Å². The highest BCUT2D eigenvalue weighted by Gasteiger charge is 2.43. The van der Waals surface area contributed by atoms with Crippen molar-refractivity contribution < 1.29 is 23.8 Å². The molecule has 1 unspecified atom stereocenters. The number of carbonyl (C=O) groups excluding carboxylic acids is 2. The van der Waals surface area contributed by atoms with Crippen LogP contribution >= 0.6 is 11.6 Å². The molecule has 31 heavy (non-hydrogen) atoms. The summed E-state index contributed by atoms with van der Waals surface area (Å²) in [7, 11) is 1.48. The zero-order chi connectivity index (χ0) is 22.1. The van der Waals surface area contributed by atoms with Crippen LogP contribution in [-0.2, 0) is 9.59 Å². The van der Waals surface area contributed by atoms with Gasteiger partial charge in [-0.2, -0.15) is 0 Å². The van der Waals surface area contributed by atoms with E-state index in [2.05, 4.69) is 0 Å². The molecule has 2 aliphatic heterocycles. The summed E-state index contributed by atoms with van der Waals surface area (Å²) < 4.78 is 18.7. The molecule has 2 heterocycles. The van der Waals surface area contributed by atoms with Crippen LogP contribution in [0.3, 0.4) is 0 Å². The number of carbonyl (C=O) groups is 2. The summed E-state index contributed by atoms with van der Waals surface area (Å²) in [6.07, 6.45) is 1.65. The molecule has 2 aromatic rings. The van der Waals surface area contributed by atoms with Crippen LogP contribution in [0.15, 0.2) is 48.2 Å². The third-order valence-corrected chi connectivity index (χ3v) is 5.97. The molecule has 0 aliphatic carbocycles. The molecule has 6 nitrogen and oxygen atoms in total. The normalized spacial score (nSPS) is 19.4. The molecular weight excluding hydrogens is 423 g/mol. The van der Waals surface area contributed by atoms with Crippen LogP contribution < -0.4 is 9.64 Å². The van der Waals surface area contributed by atoms with Gasteiger partial charge in [-0.05, 0) is 54.7 Å². The van der Waals surface area contributed by atoms with Gasteiger partial charge < -0.3 is 14.7 Å². The SMILES string of the molecule is COc1ccc(N2C(=O)C(c3ccc(F)cc3)=C(N3CCCC(CO)C3)C2=O)cc1Cl. The molecule has 2 amide bonds. The molecular formula is C23H22ClFN2O4. The molecule has 4 rings (SSSR count). The van der Waals surface area contributed by atoms with Gasteiger partial charge in [0.15, 0.2) is 0 Å². The van der Waals surface area contributed by atoms with Gasteiger partial charge >= 0.3 is 0 Å². The number of anilines is 1. The fourth-order valence-corrected chi connectivity index (χ4v) is 4.39. The maximum atomic E-state index is 13.5. The van der Waals surface area contributed by atoms with Gasteiger partial charge in [0.25, 0.3) is 11.8 Å². The molecule has 0 radical (unpaired) electrons. The van der Waals surface area contributed by atoms with E-state index < -0.39 is 17.6 Å². The second kappa shape index (κ2) is 8.69. The Hall–Kier alpha value is -2.90. The molecule has 2 aromatic carbocycles. The number of ether oxygens (including phenoxy) is 1. The van der Waals surface area contributed by atoms with E-state index in [4.69, 9.17) is 16.3 Å². The molecule has 0 spiro atoms. The Morgan fingerprint density at radius 2 is 1.90 bits per heavy atom. The molecule has 0 bridgehead atoms. The summed E-state index contributed by atoms with van der Waals surface area (Å²) in [5.74, 6) is -0.954. The number of imide groups is 1. The molecule has 0 aromatic heterocycles. The van der Waals surface area contributed by atoms with E-state index in [0.29, 0.717) is 30.1 Å². The second-order valence-electron chi connectivity index (χ2n) is 7.63. The maximum Gasteiger partial charge on any atom is 0.282 e. The van der Waals surface area contributed by atoms with E-state index in [-0.39, 0.29) is 28.8 Å². The molecule has 1 saturated heterocycles. The van der Waals surface area contributed by atoms with Crippen molar-refractivity contribution in [2.45, 2.75) is 12.8 Å². The average molecular weight is 445 g/mol. The summed E-state index contributed by atoms with van der Waals surface area (Å²) in [6.45, 7) is 1.06. The first-order valence-corrected chi connectivity index (χ1v) is 10.4. The molecule has 0 saturated carbocycles. The first-order chi connectivity index (χ1) is 14.9. The molecule has 2 aliphatic rings. The Balaban J connectivity index is 1.80. The van der Waals surface area contributed by atoms with Crippen molar-refractivity contribution in [1.29, 1.82) is 0 Å². The lowest BCUT2D eigenvalue weighted by atomic mass is 9.97. The second-order valence-corrected chi connectivity index (χ2v) is 8.04. The van der Waals surface area contributed by atoms with Gasteiger partial charge in [-0.25, -0.2) is 9.29 Å². The predicted octanol–water partition coefficient (Wildman–Crippen LogP) is 3.48. The van der Waals surface area contributed by atoms with Crippen molar-refractivity contribution in [3.05, 3.63) is 64.6 Å². The van der Waals surface area contributed by atoms with Crippen molar-refractivity contribution in [2.75, 3.05) is 31.7 Å². The van der Waals surface area contributed by atoms with Crippen molar-refractivity contribution in [1.82, 2.24) is 4.90 Å². The zero-order valence-corrected chi connectivity index (χ0v) is 17.7. The van der Waals surface area contributed by atoms with Crippen LogP contribution in [0.25, 0.3) is 5.57 Å². The average Bonchev–Trinajstić information content (AvgIpc) is 3.04. The molecule has 162 valence electrons. The third kappa shape index (κ3) is 3.91. The number of piperidine rings is 1. The molecule has 1 fully saturated rings. The maximum absolute atomic E-state index is 13.5. The van der Waals surface area contributed by atoms with Crippen LogP contribution in [0.2, 0.25) is 5.02 Å². The van der Waals surface area contributed by atoms with Gasteiger partial charge in [0.1, 0.15) is 17.3 Å². The summed E-state index contributed by atoms with van der Waals surface area (Å²) in [6, 6.07) is 10.2. The first kappa shape index (κ1) is 21.3. The quantitative estimate of drug-likeness (QED) is 0.715. The van der Waals surface area contributed by atoms with Crippen molar-refractivity contribution >= 4 is 34.7 Å². The summed E-state index contributed by atoms with van der Waals surface area (Å²) >= 11 is 6.23. The lowest BCUT2D eigenvalue weighted by Gasteiger charge is -2.34. The number of likely N-dealkylation sites (tertiary alicyclic amines) is 1. The first-order valence-electron chi connectivity index (χ1n) is 10.0. The van der Waals surface area contributed by atoms with Crippen molar-refractivity contribution in [2.24, 2.45) is 5.92 Å². The van der Waals surface area contributed by atoms with Crippen molar-refractivity contribution in [3.63, 3.8) is 0 Å². The topological polar surface area (TPSA) is 70.1 Å². The van der Waals surface area contributed by atoms with Crippen LogP contribution in [0, 0.1) is 11.7 Å². The number of hydrogen-bond donors (Lipinski definition) is 1. The van der Waals surface area contributed by atoms with E-state index in [1.165, 1.54) is 37.4 Å². The van der Waals surface area contributed by atoms with Gasteiger partial charge in [0.05, 0.1) is 23.4 Å². The number of nitrogens with zero attached hydrogens (tertiary/aromatic N) is 2. The Labute approximate surface area is 184 Å². The Kier molecular flexibility index (Phi) is 5.98. The summed E-state index contributed by atoms with van der Waals surface area (Å²) in [4.78, 5) is 29.9. The highest BCUT2D eigenvalue weighted by Crippen LogP contribution is 2.38. The van der Waals surface area contributed by atoms with Gasteiger partial charge in [-0.15, -0.1) is 0 Å². The largest absolute Gasteiger partial charge is 0.495 e. The number of rotatable bonds is 5. The highest BCUT2D eigenvalue weighted by molar-refractivity contribution is 6.45. The number of amides is 2. The lowest BCUT2D eigenvalue weighted by Crippen LogP contribution is -2.40. The molecule has 1 N–H and O–H groups in total. The molecule has 1 atom stereocenters. The minimum Gasteiger partial charge on any atom is -0.495 e. The van der Waals surface area contributed by atoms with Gasteiger partial charge in [0.2, 0.25) is 0 Å². The molecule has 8 heteroatoms. The standard InChI is InChI=1S/C23H22ClFN2O4/c1-31-19-9-8-17(11-18(19)24)27-22(29)20(15-4-6-16(25)7-5-15)21(23(27)30)26-10-2-3-14(12-26)13-28/h4-9,11,14,28H,2-3,10,12-13H2,1H3. The monoisotopic (exact) mass is 444 g/mol. The van der Waals surface area contributed by atoms with Gasteiger partial charge in [0, 0.05) is 19.7 Å². The fourth-order valence-electron chi connectivity index (χ4n) is 4.13. The van der Waals surface area contributed by atoms with Gasteiger partial charge in [-0.1, -0.05) is 23.7 Å². The van der Waals surface area contributed by atoms with Crippen LogP contribution in [0.1, 0.15) is 18.4 Å². The van der Waals surface area contributed by atoms with E-state index in [9.17, 15) is 19.1 Å². The minimum atomic E-state index is -0.501. The zero-order valence-electron chi connectivity index (χ0n) is 17.0. The number of hydrogen-bond acceptors (Lipinski definition) is 5. The van der Waals surface area contributed by atoms with E-state index in [1.807, 2.05) is 4.90 Å². The van der Waals surface area contributed by atoms with E-state index >= 15 is 0 Å². The number of aliphatic hydroxyl groups excluding tert-OH is 1. The third-order valence-electron chi connectivity index (χ3n) is 5.68.